The smallest absolute Gasteiger partial charge is 0.417 e. The largest absolute Gasteiger partial charge is 0.469 e. The number of carbonyl (C=O) groups is 1. The Labute approximate surface area is 181 Å². The number of Topliss-reactive ketones (excluding diaryl/α,β-unsaturated/α-hetero) is 1. The van der Waals surface area contributed by atoms with Gasteiger partial charge < -0.3 is 9.52 Å². The maximum absolute atomic E-state index is 13.4. The van der Waals surface area contributed by atoms with Crippen molar-refractivity contribution in [2.24, 2.45) is 40.9 Å². The molecule has 3 nitrogen and oxygen atoms in total. The third-order valence-corrected chi connectivity index (χ3v) is 9.85. The van der Waals surface area contributed by atoms with E-state index < -0.39 is 11.8 Å². The Hall–Kier alpha value is -1.30. The first kappa shape index (κ1) is 21.5. The Morgan fingerprint density at radius 1 is 1.10 bits per heavy atom. The molecule has 4 fully saturated rings. The predicted molar refractivity (Wildman–Crippen MR) is 109 cm³/mol. The van der Waals surface area contributed by atoms with E-state index in [0.717, 1.165) is 44.3 Å². The number of rotatable bonds is 3. The monoisotopic (exact) mass is 438 g/mol. The molecule has 0 unspecified atom stereocenters. The second-order valence-electron chi connectivity index (χ2n) is 11.1. The van der Waals surface area contributed by atoms with Gasteiger partial charge in [0.2, 0.25) is 0 Å². The molecule has 6 heteroatoms. The fourth-order valence-corrected chi connectivity index (χ4v) is 8.37. The van der Waals surface area contributed by atoms with Crippen LogP contribution in [0.5, 0.6) is 0 Å². The van der Waals surface area contributed by atoms with Crippen LogP contribution in [0, 0.1) is 40.9 Å². The lowest BCUT2D eigenvalue weighted by molar-refractivity contribution is -0.282. The molecule has 8 atom stereocenters. The topological polar surface area (TPSA) is 50.4 Å². The quantitative estimate of drug-likeness (QED) is 0.634. The van der Waals surface area contributed by atoms with Gasteiger partial charge >= 0.3 is 6.18 Å². The molecule has 0 bridgehead atoms. The molecular formula is C25H33F3O3. The molecule has 172 valence electrons. The number of aliphatic hydroxyl groups is 1. The summed E-state index contributed by atoms with van der Waals surface area (Å²) in [7, 11) is 0. The van der Waals surface area contributed by atoms with Crippen molar-refractivity contribution in [1.82, 2.24) is 0 Å². The number of halogens is 3. The summed E-state index contributed by atoms with van der Waals surface area (Å²) >= 11 is 0. The van der Waals surface area contributed by atoms with Crippen LogP contribution in [0.25, 0.3) is 0 Å². The molecule has 0 aromatic carbocycles. The van der Waals surface area contributed by atoms with Gasteiger partial charge in [-0.3, -0.25) is 4.79 Å². The molecule has 1 heterocycles. The van der Waals surface area contributed by atoms with Crippen LogP contribution in [0.15, 0.2) is 22.8 Å². The van der Waals surface area contributed by atoms with Gasteiger partial charge in [0.1, 0.15) is 11.5 Å². The normalized spacial score (nSPS) is 44.9. The van der Waals surface area contributed by atoms with E-state index in [1.165, 1.54) is 0 Å². The highest BCUT2D eigenvalue weighted by molar-refractivity contribution is 5.84. The van der Waals surface area contributed by atoms with E-state index in [1.807, 2.05) is 12.1 Å². The first-order valence-electron chi connectivity index (χ1n) is 12.0. The zero-order valence-electron chi connectivity index (χ0n) is 18.2. The number of fused-ring (bicyclic) bond motifs is 5. The Morgan fingerprint density at radius 2 is 1.87 bits per heavy atom. The number of hydrogen-bond acceptors (Lipinski definition) is 3. The van der Waals surface area contributed by atoms with Crippen molar-refractivity contribution in [1.29, 1.82) is 0 Å². The molecule has 4 saturated carbocycles. The maximum Gasteiger partial charge on any atom is 0.417 e. The number of ketones is 1. The highest BCUT2D eigenvalue weighted by atomic mass is 19.4. The molecule has 1 aromatic rings. The van der Waals surface area contributed by atoms with E-state index in [-0.39, 0.29) is 35.9 Å². The van der Waals surface area contributed by atoms with Crippen LogP contribution in [0.1, 0.15) is 70.5 Å². The van der Waals surface area contributed by atoms with Crippen LogP contribution in [0.4, 0.5) is 13.2 Å². The average molecular weight is 439 g/mol. The van der Waals surface area contributed by atoms with Gasteiger partial charge in [-0.2, -0.15) is 13.2 Å². The summed E-state index contributed by atoms with van der Waals surface area (Å²) in [5, 5.41) is 10.3. The van der Waals surface area contributed by atoms with Crippen LogP contribution >= 0.6 is 0 Å². The Kier molecular flexibility index (Phi) is 5.11. The van der Waals surface area contributed by atoms with Crippen molar-refractivity contribution >= 4 is 5.78 Å². The van der Waals surface area contributed by atoms with Gasteiger partial charge in [0.25, 0.3) is 0 Å². The van der Waals surface area contributed by atoms with Crippen LogP contribution in [0.2, 0.25) is 0 Å². The summed E-state index contributed by atoms with van der Waals surface area (Å²) in [5.41, 5.74) is -2.50. The minimum Gasteiger partial charge on any atom is -0.469 e. The second kappa shape index (κ2) is 7.36. The summed E-state index contributed by atoms with van der Waals surface area (Å²) in [6, 6.07) is 3.67. The van der Waals surface area contributed by atoms with Gasteiger partial charge in [-0.15, -0.1) is 0 Å². The lowest BCUT2D eigenvalue weighted by Crippen LogP contribution is -2.55. The van der Waals surface area contributed by atoms with Crippen LogP contribution in [-0.4, -0.2) is 22.7 Å². The van der Waals surface area contributed by atoms with Gasteiger partial charge in [-0.05, 0) is 105 Å². The molecule has 0 radical (unpaired) electrons. The van der Waals surface area contributed by atoms with Gasteiger partial charge in [0.05, 0.1) is 12.7 Å². The van der Waals surface area contributed by atoms with Crippen molar-refractivity contribution in [3.63, 3.8) is 0 Å². The predicted octanol–water partition coefficient (Wildman–Crippen LogP) is 5.95. The number of alkyl halides is 3. The first-order valence-corrected chi connectivity index (χ1v) is 12.0. The number of hydrogen-bond donors (Lipinski definition) is 1. The number of furan rings is 1. The highest BCUT2D eigenvalue weighted by Gasteiger charge is 2.62. The summed E-state index contributed by atoms with van der Waals surface area (Å²) in [6.07, 6.45) is 3.31. The van der Waals surface area contributed by atoms with E-state index in [0.29, 0.717) is 36.5 Å². The van der Waals surface area contributed by atoms with Crippen LogP contribution in [-0.2, 0) is 11.2 Å². The standard InChI is InChI=1S/C25H33F3O3/c1-23-10-8-18-17-9-11-24(30,25(26,27)28)14-15(17)4-5-19(18)20(23)6-7-21(23)22(29)13-16-3-2-12-31-16/h2-3,12,15,17-21,30H,4-11,13-14H2,1H3/t15-,17+,18-,19-,20+,21-,23+,24-/m1/s1. The van der Waals surface area contributed by atoms with Gasteiger partial charge in [0.15, 0.2) is 5.60 Å². The SMILES string of the molecule is C[C@]12CC[C@H]3[C@@H](CC[C@@H]4C[C@@](O)(C(F)(F)F)CC[C@@H]43)[C@@H]1CC[C@@H]2C(=O)Cc1ccco1. The van der Waals surface area contributed by atoms with E-state index in [1.54, 1.807) is 6.26 Å². The van der Waals surface area contributed by atoms with Crippen LogP contribution in [0.3, 0.4) is 0 Å². The summed E-state index contributed by atoms with van der Waals surface area (Å²) in [4.78, 5) is 13.1. The third-order valence-electron chi connectivity index (χ3n) is 9.85. The lowest BCUT2D eigenvalue weighted by Gasteiger charge is -2.57. The Balaban J connectivity index is 1.30. The summed E-state index contributed by atoms with van der Waals surface area (Å²) < 4.78 is 45.6. The number of carbonyl (C=O) groups excluding carboxylic acids is 1. The van der Waals surface area contributed by atoms with E-state index in [9.17, 15) is 23.1 Å². The molecule has 31 heavy (non-hydrogen) atoms. The summed E-state index contributed by atoms with van der Waals surface area (Å²) in [6.45, 7) is 2.29. The average Bonchev–Trinajstić information content (AvgIpc) is 3.33. The highest BCUT2D eigenvalue weighted by Crippen LogP contribution is 2.65. The molecule has 0 spiro atoms. The van der Waals surface area contributed by atoms with Gasteiger partial charge in [-0.25, -0.2) is 0 Å². The fraction of sp³-hybridized carbons (Fsp3) is 0.800. The van der Waals surface area contributed by atoms with E-state index in [4.69, 9.17) is 4.42 Å². The molecule has 5 rings (SSSR count). The Morgan fingerprint density at radius 3 is 2.58 bits per heavy atom. The van der Waals surface area contributed by atoms with E-state index >= 15 is 0 Å². The third kappa shape index (κ3) is 3.39. The summed E-state index contributed by atoms with van der Waals surface area (Å²) in [5.74, 6) is 2.79. The minimum atomic E-state index is -4.53. The molecule has 0 aliphatic heterocycles. The fourth-order valence-electron chi connectivity index (χ4n) is 8.37. The second-order valence-corrected chi connectivity index (χ2v) is 11.1. The van der Waals surface area contributed by atoms with E-state index in [2.05, 4.69) is 6.92 Å². The molecule has 0 amide bonds. The minimum absolute atomic E-state index is 0.000940. The van der Waals surface area contributed by atoms with Gasteiger partial charge in [0, 0.05) is 5.92 Å². The van der Waals surface area contributed by atoms with Crippen molar-refractivity contribution in [2.45, 2.75) is 82.9 Å². The molecule has 1 N–H and O–H groups in total. The maximum atomic E-state index is 13.4. The van der Waals surface area contributed by atoms with Crippen molar-refractivity contribution < 1.29 is 27.5 Å². The Bertz CT molecular complexity index is 818. The molecule has 4 aliphatic carbocycles. The molecule has 0 saturated heterocycles. The molecular weight excluding hydrogens is 405 g/mol. The van der Waals surface area contributed by atoms with Crippen molar-refractivity contribution in [3.8, 4) is 0 Å². The zero-order chi connectivity index (χ0) is 22.0. The molecule has 4 aliphatic rings. The van der Waals surface area contributed by atoms with Gasteiger partial charge in [-0.1, -0.05) is 6.92 Å². The zero-order valence-corrected chi connectivity index (χ0v) is 18.2. The van der Waals surface area contributed by atoms with Crippen LogP contribution < -0.4 is 0 Å². The van der Waals surface area contributed by atoms with Crippen molar-refractivity contribution in [3.05, 3.63) is 24.2 Å². The first-order chi connectivity index (χ1) is 14.6. The molecule has 1 aromatic heterocycles. The lowest BCUT2D eigenvalue weighted by atomic mass is 9.48. The van der Waals surface area contributed by atoms with Crippen molar-refractivity contribution in [2.75, 3.05) is 0 Å².